The highest BCUT2D eigenvalue weighted by molar-refractivity contribution is 7.37. The van der Waals surface area contributed by atoms with Crippen molar-refractivity contribution < 1.29 is 33.7 Å². The van der Waals surface area contributed by atoms with E-state index in [1.54, 1.807) is 0 Å². The Kier molecular flexibility index (Phi) is 8.34. The van der Waals surface area contributed by atoms with E-state index in [0.717, 1.165) is 6.92 Å². The van der Waals surface area contributed by atoms with Crippen LogP contribution in [0, 0.1) is 0 Å². The lowest BCUT2D eigenvalue weighted by Gasteiger charge is -2.30. The minimum atomic E-state index is -2.35. The van der Waals surface area contributed by atoms with Crippen molar-refractivity contribution in [2.45, 2.75) is 45.3 Å². The zero-order chi connectivity index (χ0) is 18.2. The van der Waals surface area contributed by atoms with Gasteiger partial charge in [0.1, 0.15) is 6.04 Å². The molecular formula is C12H21N3O7P+. The second kappa shape index (κ2) is 9.16. The third-order valence-corrected chi connectivity index (χ3v) is 3.44. The van der Waals surface area contributed by atoms with E-state index in [4.69, 9.17) is 10.00 Å². The predicted octanol–water partition coefficient (Wildman–Crippen LogP) is -0.941. The second-order valence-corrected chi connectivity index (χ2v) is 6.22. The van der Waals surface area contributed by atoms with Crippen molar-refractivity contribution in [3.8, 4) is 0 Å². The van der Waals surface area contributed by atoms with E-state index in [-0.39, 0.29) is 19.0 Å². The maximum absolute atomic E-state index is 12.1. The molecule has 0 spiro atoms. The first-order chi connectivity index (χ1) is 10.5. The number of rotatable bonds is 9. The Hall–Kier alpha value is -2.06. The number of carbonyl (C=O) groups excluding carboxylic acids is 3. The molecule has 0 radical (unpaired) electrons. The Morgan fingerprint density at radius 1 is 1.22 bits per heavy atom. The second-order valence-electron chi connectivity index (χ2n) is 5.07. The summed E-state index contributed by atoms with van der Waals surface area (Å²) in [6, 6.07) is -1.22. The number of amides is 3. The molecule has 130 valence electrons. The Morgan fingerprint density at radius 2 is 1.78 bits per heavy atom. The van der Waals surface area contributed by atoms with Crippen LogP contribution in [-0.4, -0.2) is 51.6 Å². The van der Waals surface area contributed by atoms with Crippen molar-refractivity contribution in [1.29, 1.82) is 0 Å². The number of carbonyl (C=O) groups is 4. The fourth-order valence-electron chi connectivity index (χ4n) is 1.62. The fraction of sp³-hybridized carbons (Fsp3) is 0.667. The van der Waals surface area contributed by atoms with Crippen molar-refractivity contribution in [2.24, 2.45) is 0 Å². The molecule has 0 saturated carbocycles. The summed E-state index contributed by atoms with van der Waals surface area (Å²) in [7, 11) is -2.35. The first kappa shape index (κ1) is 20.9. The zero-order valence-electron chi connectivity index (χ0n) is 13.1. The van der Waals surface area contributed by atoms with Crippen LogP contribution < -0.4 is 16.0 Å². The summed E-state index contributed by atoms with van der Waals surface area (Å²) in [5.41, 5.74) is -1.84. The summed E-state index contributed by atoms with van der Waals surface area (Å²) >= 11 is 0. The molecule has 0 aromatic rings. The molecule has 23 heavy (non-hydrogen) atoms. The Balaban J connectivity index is 4.91. The topological polar surface area (TPSA) is 162 Å². The normalized spacial score (nSPS) is 14.9. The van der Waals surface area contributed by atoms with E-state index in [0.29, 0.717) is 0 Å². The fourth-order valence-corrected chi connectivity index (χ4v) is 2.04. The smallest absolute Gasteiger partial charge is 0.480 e. The molecule has 0 aromatic heterocycles. The standard InChI is InChI=1S/C12H20N3O7P/c1-7(10(18)19)13-11(20)12(3,14-8(2)16)15-9(17)5-4-6-23(21)22/h7H,4-6H2,1-3H3,(H4-,13,14,15,16,17,18,19,20,21,22)/p+1/t7-,12-/m0/s1. The highest BCUT2D eigenvalue weighted by Gasteiger charge is 2.37. The molecule has 11 heteroatoms. The van der Waals surface area contributed by atoms with Crippen molar-refractivity contribution in [2.75, 3.05) is 6.16 Å². The molecule has 0 aromatic carbocycles. The first-order valence-electron chi connectivity index (χ1n) is 6.75. The van der Waals surface area contributed by atoms with E-state index in [1.165, 1.54) is 13.8 Å². The lowest BCUT2D eigenvalue weighted by atomic mass is 10.1. The number of hydrogen-bond donors (Lipinski definition) is 5. The molecular weight excluding hydrogens is 329 g/mol. The van der Waals surface area contributed by atoms with Gasteiger partial charge in [-0.25, -0.2) is 0 Å². The van der Waals surface area contributed by atoms with Gasteiger partial charge >= 0.3 is 14.0 Å². The Labute approximate surface area is 133 Å². The van der Waals surface area contributed by atoms with Crippen LogP contribution in [0.3, 0.4) is 0 Å². The van der Waals surface area contributed by atoms with Crippen LogP contribution >= 0.6 is 8.03 Å². The Morgan fingerprint density at radius 3 is 2.22 bits per heavy atom. The molecule has 3 amide bonds. The molecule has 0 rings (SSSR count). The van der Waals surface area contributed by atoms with E-state index in [9.17, 15) is 23.7 Å². The molecule has 0 aliphatic carbocycles. The van der Waals surface area contributed by atoms with Crippen molar-refractivity contribution in [1.82, 2.24) is 16.0 Å². The molecule has 0 saturated heterocycles. The molecule has 0 bridgehead atoms. The molecule has 0 heterocycles. The van der Waals surface area contributed by atoms with Gasteiger partial charge in [0.05, 0.1) is 0 Å². The lowest BCUT2D eigenvalue weighted by Crippen LogP contribution is -2.67. The molecule has 5 N–H and O–H groups in total. The van der Waals surface area contributed by atoms with Gasteiger partial charge in [0.2, 0.25) is 11.8 Å². The number of carboxylic acid groups (broad SMARTS) is 1. The maximum atomic E-state index is 12.1. The monoisotopic (exact) mass is 350 g/mol. The minimum absolute atomic E-state index is 0.0676. The third-order valence-electron chi connectivity index (χ3n) is 2.74. The summed E-state index contributed by atoms with van der Waals surface area (Å²) < 4.78 is 10.5. The molecule has 3 atom stereocenters. The summed E-state index contributed by atoms with van der Waals surface area (Å²) in [4.78, 5) is 54.6. The highest BCUT2D eigenvalue weighted by Crippen LogP contribution is 2.15. The first-order valence-corrected chi connectivity index (χ1v) is 8.14. The summed E-state index contributed by atoms with van der Waals surface area (Å²) in [6.07, 6.45) is -0.0682. The van der Waals surface area contributed by atoms with Gasteiger partial charge in [-0.3, -0.25) is 19.2 Å². The zero-order valence-corrected chi connectivity index (χ0v) is 14.0. The van der Waals surface area contributed by atoms with Crippen LogP contribution in [0.2, 0.25) is 0 Å². The lowest BCUT2D eigenvalue weighted by molar-refractivity contribution is -0.143. The number of hydrogen-bond acceptors (Lipinski definition) is 5. The van der Waals surface area contributed by atoms with Crippen LogP contribution in [0.25, 0.3) is 0 Å². The van der Waals surface area contributed by atoms with Crippen LogP contribution in [0.15, 0.2) is 0 Å². The van der Waals surface area contributed by atoms with Gasteiger partial charge in [0.15, 0.2) is 11.8 Å². The average Bonchev–Trinajstić information content (AvgIpc) is 2.36. The van der Waals surface area contributed by atoms with Gasteiger partial charge in [0, 0.05) is 19.8 Å². The number of carboxylic acids is 1. The highest BCUT2D eigenvalue weighted by atomic mass is 31.1. The number of nitrogens with one attached hydrogen (secondary N) is 3. The van der Waals surface area contributed by atoms with Gasteiger partial charge in [-0.1, -0.05) is 0 Å². The van der Waals surface area contributed by atoms with E-state index >= 15 is 0 Å². The molecule has 1 unspecified atom stereocenters. The minimum Gasteiger partial charge on any atom is -0.480 e. The van der Waals surface area contributed by atoms with Gasteiger partial charge in [-0.2, -0.15) is 4.89 Å². The van der Waals surface area contributed by atoms with Gasteiger partial charge in [0.25, 0.3) is 5.91 Å². The predicted molar refractivity (Wildman–Crippen MR) is 79.5 cm³/mol. The largest absolute Gasteiger partial charge is 0.505 e. The SMILES string of the molecule is CC(=O)N[C@@](C)(NC(=O)CCC[P+](=O)O)C(=O)N[C@@H](C)C(=O)O. The van der Waals surface area contributed by atoms with Crippen molar-refractivity contribution in [3.05, 3.63) is 0 Å². The summed E-state index contributed by atoms with van der Waals surface area (Å²) in [5, 5.41) is 15.5. The van der Waals surface area contributed by atoms with Crippen LogP contribution in [-0.2, 0) is 23.7 Å². The average molecular weight is 350 g/mol. The van der Waals surface area contributed by atoms with Gasteiger partial charge < -0.3 is 21.1 Å². The molecule has 0 aliphatic rings. The summed E-state index contributed by atoms with van der Waals surface area (Å²) in [5.74, 6) is -3.41. The van der Waals surface area contributed by atoms with Crippen molar-refractivity contribution >= 4 is 31.7 Å². The summed E-state index contributed by atoms with van der Waals surface area (Å²) in [6.45, 7) is 3.57. The van der Waals surface area contributed by atoms with E-state index < -0.39 is 43.4 Å². The van der Waals surface area contributed by atoms with Crippen molar-refractivity contribution in [3.63, 3.8) is 0 Å². The molecule has 0 fully saturated rings. The quantitative estimate of drug-likeness (QED) is 0.265. The van der Waals surface area contributed by atoms with Crippen LogP contribution in [0.4, 0.5) is 0 Å². The van der Waals surface area contributed by atoms with Crippen LogP contribution in [0.5, 0.6) is 0 Å². The van der Waals surface area contributed by atoms with E-state index in [2.05, 4.69) is 16.0 Å². The maximum Gasteiger partial charge on any atom is 0.505 e. The third kappa shape index (κ3) is 8.22. The van der Waals surface area contributed by atoms with E-state index in [1.807, 2.05) is 0 Å². The van der Waals surface area contributed by atoms with Crippen LogP contribution in [0.1, 0.15) is 33.6 Å². The molecule has 10 nitrogen and oxygen atoms in total. The van der Waals surface area contributed by atoms with Gasteiger partial charge in [-0.15, -0.1) is 0 Å². The van der Waals surface area contributed by atoms with Gasteiger partial charge in [-0.05, 0) is 18.4 Å². The Bertz CT molecular complexity index is 511. The number of aliphatic carboxylic acids is 1. The molecule has 0 aliphatic heterocycles.